The van der Waals surface area contributed by atoms with Gasteiger partial charge in [-0.2, -0.15) is 0 Å². The number of rotatable bonds is 6. The molecule has 7 nitrogen and oxygen atoms in total. The molecule has 0 aromatic heterocycles. The third kappa shape index (κ3) is 4.78. The predicted molar refractivity (Wildman–Crippen MR) is 75.2 cm³/mol. The molecule has 7 heteroatoms. The normalized spacial score (nSPS) is 25.1. The van der Waals surface area contributed by atoms with Crippen molar-refractivity contribution in [2.45, 2.75) is 31.8 Å². The molecule has 1 aliphatic carbocycles. The number of aliphatic hydroxyl groups excluding tert-OH is 1. The van der Waals surface area contributed by atoms with Gasteiger partial charge in [0.05, 0.1) is 19.2 Å². The van der Waals surface area contributed by atoms with Gasteiger partial charge in [-0.25, -0.2) is 0 Å². The van der Waals surface area contributed by atoms with Crippen LogP contribution >= 0.6 is 0 Å². The van der Waals surface area contributed by atoms with E-state index < -0.39 is 5.91 Å². The molecular weight excluding hydrogens is 274 g/mol. The van der Waals surface area contributed by atoms with E-state index >= 15 is 0 Å². The van der Waals surface area contributed by atoms with E-state index in [0.717, 1.165) is 25.8 Å². The highest BCUT2D eigenvalue weighted by Gasteiger charge is 2.28. The minimum absolute atomic E-state index is 0.0294. The van der Waals surface area contributed by atoms with Crippen LogP contribution in [0.4, 0.5) is 0 Å². The van der Waals surface area contributed by atoms with Gasteiger partial charge >= 0.3 is 0 Å². The number of nitrogens with zero attached hydrogens (tertiary/aromatic N) is 2. The maximum atomic E-state index is 11.7. The molecule has 3 amide bonds. The van der Waals surface area contributed by atoms with Gasteiger partial charge in [0.2, 0.25) is 17.7 Å². The van der Waals surface area contributed by atoms with Crippen molar-refractivity contribution < 1.29 is 19.5 Å². The van der Waals surface area contributed by atoms with Crippen LogP contribution in [-0.4, -0.2) is 72.0 Å². The van der Waals surface area contributed by atoms with E-state index in [1.54, 1.807) is 0 Å². The molecule has 2 N–H and O–H groups in total. The molecule has 1 heterocycles. The minimum atomic E-state index is -0.428. The van der Waals surface area contributed by atoms with Crippen LogP contribution in [0.25, 0.3) is 0 Å². The van der Waals surface area contributed by atoms with Gasteiger partial charge in [-0.05, 0) is 32.2 Å². The molecular formula is C14H23N3O4. The Bertz CT molecular complexity index is 420. The molecule has 1 aliphatic heterocycles. The molecule has 0 atom stereocenters. The summed E-state index contributed by atoms with van der Waals surface area (Å²) < 4.78 is 0. The van der Waals surface area contributed by atoms with Crippen LogP contribution in [0.5, 0.6) is 0 Å². The van der Waals surface area contributed by atoms with Crippen LogP contribution in [0.3, 0.4) is 0 Å². The number of amides is 3. The number of imide groups is 1. The van der Waals surface area contributed by atoms with Gasteiger partial charge in [0.15, 0.2) is 0 Å². The van der Waals surface area contributed by atoms with Crippen molar-refractivity contribution in [2.24, 2.45) is 5.92 Å². The average Bonchev–Trinajstić information content (AvgIpc) is 2.72. The van der Waals surface area contributed by atoms with Crippen molar-refractivity contribution >= 4 is 17.7 Å². The summed E-state index contributed by atoms with van der Waals surface area (Å²) in [6, 6.07) is 0. The quantitative estimate of drug-likeness (QED) is 0.653. The first-order valence-electron chi connectivity index (χ1n) is 7.41. The molecule has 0 spiro atoms. The highest BCUT2D eigenvalue weighted by molar-refractivity contribution is 5.98. The van der Waals surface area contributed by atoms with Gasteiger partial charge in [-0.15, -0.1) is 0 Å². The van der Waals surface area contributed by atoms with Crippen LogP contribution < -0.4 is 5.32 Å². The van der Waals surface area contributed by atoms with E-state index in [2.05, 4.69) is 5.32 Å². The SMILES string of the molecule is CN(CC(=O)NC(=O)CN1CCCC1=O)CC1CC(O)C1. The Hall–Kier alpha value is -1.47. The average molecular weight is 297 g/mol. The maximum Gasteiger partial charge on any atom is 0.246 e. The number of hydrogen-bond donors (Lipinski definition) is 2. The number of aliphatic hydroxyl groups is 1. The molecule has 1 saturated heterocycles. The lowest BCUT2D eigenvalue weighted by atomic mass is 9.82. The predicted octanol–water partition coefficient (Wildman–Crippen LogP) is -1.05. The molecule has 21 heavy (non-hydrogen) atoms. The van der Waals surface area contributed by atoms with E-state index in [-0.39, 0.29) is 31.0 Å². The first kappa shape index (κ1) is 15.9. The second kappa shape index (κ2) is 7.00. The van der Waals surface area contributed by atoms with Gasteiger partial charge < -0.3 is 10.0 Å². The van der Waals surface area contributed by atoms with Crippen molar-refractivity contribution in [2.75, 3.05) is 33.2 Å². The van der Waals surface area contributed by atoms with E-state index in [4.69, 9.17) is 0 Å². The number of carbonyl (C=O) groups is 3. The molecule has 1 saturated carbocycles. The molecule has 2 fully saturated rings. The largest absolute Gasteiger partial charge is 0.393 e. The summed E-state index contributed by atoms with van der Waals surface area (Å²) in [6.45, 7) is 1.43. The fraction of sp³-hybridized carbons (Fsp3) is 0.786. The molecule has 0 unspecified atom stereocenters. The molecule has 0 aromatic carbocycles. The lowest BCUT2D eigenvalue weighted by Gasteiger charge is -2.34. The Morgan fingerprint density at radius 1 is 1.38 bits per heavy atom. The summed E-state index contributed by atoms with van der Waals surface area (Å²) in [4.78, 5) is 38.2. The van der Waals surface area contributed by atoms with Gasteiger partial charge in [0.1, 0.15) is 0 Å². The van der Waals surface area contributed by atoms with Crippen molar-refractivity contribution in [3.05, 3.63) is 0 Å². The van der Waals surface area contributed by atoms with Crippen LogP contribution in [0.15, 0.2) is 0 Å². The lowest BCUT2D eigenvalue weighted by molar-refractivity contribution is -0.136. The lowest BCUT2D eigenvalue weighted by Crippen LogP contribution is -2.45. The fourth-order valence-electron chi connectivity index (χ4n) is 2.88. The van der Waals surface area contributed by atoms with Crippen molar-refractivity contribution in [3.63, 3.8) is 0 Å². The van der Waals surface area contributed by atoms with Gasteiger partial charge in [-0.3, -0.25) is 24.6 Å². The molecule has 0 radical (unpaired) electrons. The van der Waals surface area contributed by atoms with Gasteiger partial charge in [0, 0.05) is 19.5 Å². The Kier molecular flexibility index (Phi) is 5.30. The number of hydrogen-bond acceptors (Lipinski definition) is 5. The van der Waals surface area contributed by atoms with Crippen LogP contribution in [0.1, 0.15) is 25.7 Å². The maximum absolute atomic E-state index is 11.7. The number of carbonyl (C=O) groups excluding carboxylic acids is 3. The fourth-order valence-corrected chi connectivity index (χ4v) is 2.88. The van der Waals surface area contributed by atoms with Crippen molar-refractivity contribution in [3.8, 4) is 0 Å². The molecule has 0 bridgehead atoms. The monoisotopic (exact) mass is 297 g/mol. The van der Waals surface area contributed by atoms with Crippen molar-refractivity contribution in [1.82, 2.24) is 15.1 Å². The number of nitrogens with one attached hydrogen (secondary N) is 1. The van der Waals surface area contributed by atoms with E-state index in [0.29, 0.717) is 18.9 Å². The number of likely N-dealkylation sites (tertiary alicyclic amines) is 1. The minimum Gasteiger partial charge on any atom is -0.393 e. The Morgan fingerprint density at radius 2 is 2.10 bits per heavy atom. The second-order valence-corrected chi connectivity index (χ2v) is 6.08. The van der Waals surface area contributed by atoms with Crippen LogP contribution in [-0.2, 0) is 14.4 Å². The first-order chi connectivity index (χ1) is 9.94. The van der Waals surface area contributed by atoms with Gasteiger partial charge in [-0.1, -0.05) is 0 Å². The molecule has 118 valence electrons. The van der Waals surface area contributed by atoms with Crippen LogP contribution in [0.2, 0.25) is 0 Å². The Morgan fingerprint density at radius 3 is 2.67 bits per heavy atom. The zero-order valence-electron chi connectivity index (χ0n) is 12.4. The highest BCUT2D eigenvalue weighted by Crippen LogP contribution is 2.27. The highest BCUT2D eigenvalue weighted by atomic mass is 16.3. The second-order valence-electron chi connectivity index (χ2n) is 6.08. The smallest absolute Gasteiger partial charge is 0.246 e. The topological polar surface area (TPSA) is 90.0 Å². The number of likely N-dealkylation sites (N-methyl/N-ethyl adjacent to an activating group) is 1. The molecule has 2 rings (SSSR count). The summed E-state index contributed by atoms with van der Waals surface area (Å²) in [5.41, 5.74) is 0. The van der Waals surface area contributed by atoms with E-state index in [9.17, 15) is 19.5 Å². The van der Waals surface area contributed by atoms with E-state index in [1.165, 1.54) is 4.90 Å². The Balaban J connectivity index is 1.63. The van der Waals surface area contributed by atoms with Crippen LogP contribution in [0, 0.1) is 5.92 Å². The summed E-state index contributed by atoms with van der Waals surface area (Å²) in [7, 11) is 1.82. The van der Waals surface area contributed by atoms with Gasteiger partial charge in [0.25, 0.3) is 0 Å². The van der Waals surface area contributed by atoms with E-state index in [1.807, 2.05) is 11.9 Å². The summed E-state index contributed by atoms with van der Waals surface area (Å²) in [6.07, 6.45) is 2.62. The zero-order chi connectivity index (χ0) is 15.4. The zero-order valence-corrected chi connectivity index (χ0v) is 12.4. The Labute approximate surface area is 124 Å². The standard InChI is InChI=1S/C14H23N3O4/c1-16(7-10-5-11(18)6-10)8-12(19)15-13(20)9-17-4-2-3-14(17)21/h10-11,18H,2-9H2,1H3,(H,15,19,20). The summed E-state index contributed by atoms with van der Waals surface area (Å²) >= 11 is 0. The summed E-state index contributed by atoms with van der Waals surface area (Å²) in [5, 5.41) is 11.5. The molecule has 0 aromatic rings. The summed E-state index contributed by atoms with van der Waals surface area (Å²) in [5.74, 6) is -0.384. The third-order valence-electron chi connectivity index (χ3n) is 3.98. The first-order valence-corrected chi connectivity index (χ1v) is 7.41. The third-order valence-corrected chi connectivity index (χ3v) is 3.98. The van der Waals surface area contributed by atoms with Crippen molar-refractivity contribution in [1.29, 1.82) is 0 Å². The molecule has 2 aliphatic rings.